The van der Waals surface area contributed by atoms with Crippen molar-refractivity contribution < 1.29 is 13.6 Å². The Morgan fingerprint density at radius 3 is 2.54 bits per heavy atom. The molecule has 1 aliphatic heterocycles. The number of nitrogens with zero attached hydrogens (tertiary/aromatic N) is 3. The summed E-state index contributed by atoms with van der Waals surface area (Å²) >= 11 is 0. The second-order valence-electron chi connectivity index (χ2n) is 7.06. The molecule has 9 heteroatoms. The summed E-state index contributed by atoms with van der Waals surface area (Å²) < 4.78 is 26.7. The van der Waals surface area contributed by atoms with E-state index in [1.165, 1.54) is 12.1 Å². The summed E-state index contributed by atoms with van der Waals surface area (Å²) in [6.45, 7) is 4.11. The number of nitrogens with one attached hydrogen (secondary N) is 2. The summed E-state index contributed by atoms with van der Waals surface area (Å²) in [6.07, 6.45) is 2.65. The second-order valence-corrected chi connectivity index (χ2v) is 7.06. The summed E-state index contributed by atoms with van der Waals surface area (Å²) in [7, 11) is 1.72. The van der Waals surface area contributed by atoms with Crippen LogP contribution in [0.15, 0.2) is 23.2 Å². The highest BCUT2D eigenvalue weighted by Gasteiger charge is 2.25. The lowest BCUT2D eigenvalue weighted by molar-refractivity contribution is -0.122. The van der Waals surface area contributed by atoms with Gasteiger partial charge in [-0.2, -0.15) is 0 Å². The van der Waals surface area contributed by atoms with E-state index in [4.69, 9.17) is 0 Å². The smallest absolute Gasteiger partial charge is 0.234 e. The van der Waals surface area contributed by atoms with Crippen LogP contribution in [-0.2, 0) is 11.2 Å². The Morgan fingerprint density at radius 2 is 1.93 bits per heavy atom. The van der Waals surface area contributed by atoms with Crippen LogP contribution in [0.3, 0.4) is 0 Å². The van der Waals surface area contributed by atoms with Gasteiger partial charge in [0.05, 0.1) is 6.54 Å². The first-order chi connectivity index (χ1) is 13.0. The molecule has 1 heterocycles. The number of hydrogen-bond acceptors (Lipinski definition) is 3. The number of guanidine groups is 1. The number of hydrogen-bond donors (Lipinski definition) is 2. The Bertz CT molecular complexity index is 691. The number of carbonyl (C=O) groups excluding carboxylic acids is 1. The van der Waals surface area contributed by atoms with Crippen LogP contribution in [-0.4, -0.2) is 74.0 Å². The molecule has 156 valence electrons. The Hall–Kier alpha value is -1.49. The maximum atomic E-state index is 13.7. The highest BCUT2D eigenvalue weighted by molar-refractivity contribution is 14.0. The molecule has 3 rings (SSSR count). The standard InChI is InChI=1S/C19H27F2N5O.HI/c1-22-19(23-7-6-14-2-3-15(20)12-17(14)21)26-10-8-25(9-11-26)13-18(27)24-16-4-5-16;/h2-3,12,16H,4-11,13H2,1H3,(H,22,23)(H,24,27);1H. The third-order valence-electron chi connectivity index (χ3n) is 4.89. The van der Waals surface area contributed by atoms with Gasteiger partial charge >= 0.3 is 0 Å². The topological polar surface area (TPSA) is 60.0 Å². The zero-order valence-electron chi connectivity index (χ0n) is 16.1. The molecule has 2 N–H and O–H groups in total. The molecule has 0 bridgehead atoms. The van der Waals surface area contributed by atoms with Crippen LogP contribution in [0.5, 0.6) is 0 Å². The predicted octanol–water partition coefficient (Wildman–Crippen LogP) is 1.60. The molecule has 1 saturated heterocycles. The van der Waals surface area contributed by atoms with Gasteiger partial charge in [-0.05, 0) is 30.9 Å². The molecule has 0 atom stereocenters. The van der Waals surface area contributed by atoms with Gasteiger partial charge in [-0.25, -0.2) is 8.78 Å². The van der Waals surface area contributed by atoms with Crippen molar-refractivity contribution in [2.24, 2.45) is 4.99 Å². The van der Waals surface area contributed by atoms with E-state index in [2.05, 4.69) is 25.4 Å². The van der Waals surface area contributed by atoms with Crippen LogP contribution in [0, 0.1) is 11.6 Å². The van der Waals surface area contributed by atoms with Crippen molar-refractivity contribution >= 4 is 35.8 Å². The Kier molecular flexibility index (Phi) is 8.87. The third kappa shape index (κ3) is 6.84. The summed E-state index contributed by atoms with van der Waals surface area (Å²) in [5.41, 5.74) is 0.478. The first-order valence-electron chi connectivity index (χ1n) is 9.46. The molecule has 2 fully saturated rings. The van der Waals surface area contributed by atoms with E-state index in [0.29, 0.717) is 31.1 Å². The van der Waals surface area contributed by atoms with Crippen LogP contribution < -0.4 is 10.6 Å². The Balaban J connectivity index is 0.00000280. The molecule has 0 radical (unpaired) electrons. The molecule has 2 aliphatic rings. The van der Waals surface area contributed by atoms with Gasteiger partial charge in [0.2, 0.25) is 5.91 Å². The molecule has 1 saturated carbocycles. The minimum atomic E-state index is -0.566. The zero-order valence-corrected chi connectivity index (χ0v) is 18.4. The third-order valence-corrected chi connectivity index (χ3v) is 4.89. The number of amides is 1. The van der Waals surface area contributed by atoms with Gasteiger partial charge in [0.25, 0.3) is 0 Å². The minimum absolute atomic E-state index is 0. The maximum absolute atomic E-state index is 13.7. The number of aliphatic imine (C=N–C) groups is 1. The fourth-order valence-corrected chi connectivity index (χ4v) is 3.19. The summed E-state index contributed by atoms with van der Waals surface area (Å²) in [4.78, 5) is 20.5. The highest BCUT2D eigenvalue weighted by atomic mass is 127. The molecule has 1 aliphatic carbocycles. The highest BCUT2D eigenvalue weighted by Crippen LogP contribution is 2.18. The fraction of sp³-hybridized carbons (Fsp3) is 0.579. The van der Waals surface area contributed by atoms with Crippen molar-refractivity contribution in [2.75, 3.05) is 46.3 Å². The van der Waals surface area contributed by atoms with Crippen LogP contribution in [0.25, 0.3) is 0 Å². The number of benzene rings is 1. The van der Waals surface area contributed by atoms with Gasteiger partial charge in [-0.3, -0.25) is 14.7 Å². The molecule has 1 aromatic carbocycles. The zero-order chi connectivity index (χ0) is 19.2. The van der Waals surface area contributed by atoms with Crippen LogP contribution >= 0.6 is 24.0 Å². The lowest BCUT2D eigenvalue weighted by atomic mass is 10.1. The molecule has 0 spiro atoms. The van der Waals surface area contributed by atoms with Gasteiger partial charge in [0, 0.05) is 51.9 Å². The quantitative estimate of drug-likeness (QED) is 0.349. The van der Waals surface area contributed by atoms with Crippen molar-refractivity contribution in [2.45, 2.75) is 25.3 Å². The number of rotatable bonds is 6. The van der Waals surface area contributed by atoms with Gasteiger partial charge in [-0.15, -0.1) is 24.0 Å². The number of piperazine rings is 1. The summed E-state index contributed by atoms with van der Waals surface area (Å²) in [5, 5.41) is 6.25. The maximum Gasteiger partial charge on any atom is 0.234 e. The van der Waals surface area contributed by atoms with E-state index >= 15 is 0 Å². The lowest BCUT2D eigenvalue weighted by Crippen LogP contribution is -2.54. The fourth-order valence-electron chi connectivity index (χ4n) is 3.19. The second kappa shape index (κ2) is 10.9. The van der Waals surface area contributed by atoms with Crippen LogP contribution in [0.1, 0.15) is 18.4 Å². The normalized spacial score (nSPS) is 17.8. The SMILES string of the molecule is CN=C(NCCc1ccc(F)cc1F)N1CCN(CC(=O)NC2CC2)CC1.I. The molecule has 0 unspecified atom stereocenters. The van der Waals surface area contributed by atoms with Gasteiger partial charge in [-0.1, -0.05) is 6.07 Å². The predicted molar refractivity (Wildman–Crippen MR) is 116 cm³/mol. The molecule has 1 amide bonds. The average molecular weight is 507 g/mol. The van der Waals surface area contributed by atoms with E-state index in [1.807, 2.05) is 0 Å². The summed E-state index contributed by atoms with van der Waals surface area (Å²) in [5.74, 6) is -0.219. The first kappa shape index (κ1) is 22.8. The van der Waals surface area contributed by atoms with E-state index in [-0.39, 0.29) is 29.9 Å². The van der Waals surface area contributed by atoms with Crippen molar-refractivity contribution in [3.05, 3.63) is 35.4 Å². The molecule has 0 aromatic heterocycles. The number of halogens is 3. The van der Waals surface area contributed by atoms with Crippen LogP contribution in [0.2, 0.25) is 0 Å². The molecular weight excluding hydrogens is 479 g/mol. The van der Waals surface area contributed by atoms with Gasteiger partial charge in [0.15, 0.2) is 5.96 Å². The molecular formula is C19H28F2IN5O. The van der Waals surface area contributed by atoms with E-state index in [9.17, 15) is 13.6 Å². The Morgan fingerprint density at radius 1 is 1.21 bits per heavy atom. The number of carbonyl (C=O) groups is 1. The van der Waals surface area contributed by atoms with Crippen molar-refractivity contribution in [3.8, 4) is 0 Å². The van der Waals surface area contributed by atoms with Crippen molar-refractivity contribution in [1.29, 1.82) is 0 Å². The van der Waals surface area contributed by atoms with Crippen molar-refractivity contribution in [3.63, 3.8) is 0 Å². The van der Waals surface area contributed by atoms with E-state index < -0.39 is 11.6 Å². The van der Waals surface area contributed by atoms with E-state index in [0.717, 1.165) is 51.0 Å². The molecule has 28 heavy (non-hydrogen) atoms. The monoisotopic (exact) mass is 507 g/mol. The minimum Gasteiger partial charge on any atom is -0.356 e. The molecule has 6 nitrogen and oxygen atoms in total. The van der Waals surface area contributed by atoms with Gasteiger partial charge in [0.1, 0.15) is 11.6 Å². The molecule has 1 aromatic rings. The lowest BCUT2D eigenvalue weighted by Gasteiger charge is -2.36. The van der Waals surface area contributed by atoms with E-state index in [1.54, 1.807) is 7.05 Å². The first-order valence-corrected chi connectivity index (χ1v) is 9.46. The van der Waals surface area contributed by atoms with Crippen molar-refractivity contribution in [1.82, 2.24) is 20.4 Å². The average Bonchev–Trinajstić information content (AvgIpc) is 3.45. The Labute approximate surface area is 181 Å². The van der Waals surface area contributed by atoms with Gasteiger partial charge < -0.3 is 15.5 Å². The summed E-state index contributed by atoms with van der Waals surface area (Å²) in [6, 6.07) is 4.04. The van der Waals surface area contributed by atoms with Crippen LogP contribution in [0.4, 0.5) is 8.78 Å². The largest absolute Gasteiger partial charge is 0.356 e.